The Labute approximate surface area is 110 Å². The predicted octanol–water partition coefficient (Wildman–Crippen LogP) is 0.877. The fourth-order valence-corrected chi connectivity index (χ4v) is 1.63. The molecule has 96 valence electrons. The lowest BCUT2D eigenvalue weighted by Gasteiger charge is -2.15. The molecule has 0 atom stereocenters. The second-order valence-electron chi connectivity index (χ2n) is 4.17. The second kappa shape index (κ2) is 5.78. The van der Waals surface area contributed by atoms with Gasteiger partial charge in [-0.2, -0.15) is 10.4 Å². The molecule has 1 aromatic heterocycles. The third-order valence-electron chi connectivity index (χ3n) is 2.72. The molecule has 0 aliphatic rings. The van der Waals surface area contributed by atoms with E-state index in [0.29, 0.717) is 24.4 Å². The summed E-state index contributed by atoms with van der Waals surface area (Å²) in [5.74, 6) is 0.636. The normalized spacial score (nSPS) is 9.89. The highest BCUT2D eigenvalue weighted by molar-refractivity contribution is 5.78. The van der Waals surface area contributed by atoms with Gasteiger partial charge in [-0.3, -0.25) is 9.89 Å². The summed E-state index contributed by atoms with van der Waals surface area (Å²) in [5.41, 5.74) is 1.47. The summed E-state index contributed by atoms with van der Waals surface area (Å²) in [6.45, 7) is 0.398. The fourth-order valence-electron chi connectivity index (χ4n) is 1.63. The van der Waals surface area contributed by atoms with Crippen LogP contribution in [0, 0.1) is 11.3 Å². The van der Waals surface area contributed by atoms with Gasteiger partial charge >= 0.3 is 0 Å². The highest BCUT2D eigenvalue weighted by atomic mass is 16.2. The molecule has 6 heteroatoms. The standard InChI is InChI=1S/C13H13N5O/c1-18(8-12-15-9-16-17-12)13(19)6-10-2-4-11(7-14)5-3-10/h2-5,9H,6,8H2,1H3,(H,15,16,17). The Morgan fingerprint density at radius 1 is 1.42 bits per heavy atom. The summed E-state index contributed by atoms with van der Waals surface area (Å²) in [4.78, 5) is 17.5. The van der Waals surface area contributed by atoms with Crippen molar-refractivity contribution in [2.45, 2.75) is 13.0 Å². The van der Waals surface area contributed by atoms with Crippen LogP contribution in [0.25, 0.3) is 0 Å². The smallest absolute Gasteiger partial charge is 0.227 e. The van der Waals surface area contributed by atoms with Crippen LogP contribution in [-0.4, -0.2) is 33.0 Å². The first-order chi connectivity index (χ1) is 9.19. The molecular weight excluding hydrogens is 242 g/mol. The van der Waals surface area contributed by atoms with Crippen molar-refractivity contribution in [3.8, 4) is 6.07 Å². The molecule has 1 heterocycles. The maximum absolute atomic E-state index is 12.0. The van der Waals surface area contributed by atoms with Crippen molar-refractivity contribution in [3.63, 3.8) is 0 Å². The molecule has 0 aliphatic heterocycles. The molecule has 0 fully saturated rings. The van der Waals surface area contributed by atoms with Gasteiger partial charge in [0.25, 0.3) is 0 Å². The number of hydrogen-bond acceptors (Lipinski definition) is 4. The number of H-pyrrole nitrogens is 1. The number of carbonyl (C=O) groups is 1. The number of nitriles is 1. The van der Waals surface area contributed by atoms with Crippen molar-refractivity contribution in [2.24, 2.45) is 0 Å². The van der Waals surface area contributed by atoms with Crippen molar-refractivity contribution in [1.29, 1.82) is 5.26 Å². The molecule has 1 N–H and O–H groups in total. The molecule has 0 saturated heterocycles. The molecule has 0 unspecified atom stereocenters. The number of nitrogens with one attached hydrogen (secondary N) is 1. The number of hydrogen-bond donors (Lipinski definition) is 1. The number of amides is 1. The summed E-state index contributed by atoms with van der Waals surface area (Å²) in [6, 6.07) is 9.04. The topological polar surface area (TPSA) is 85.7 Å². The molecule has 0 aliphatic carbocycles. The van der Waals surface area contributed by atoms with Crippen molar-refractivity contribution in [2.75, 3.05) is 7.05 Å². The lowest BCUT2D eigenvalue weighted by atomic mass is 10.1. The number of benzene rings is 1. The molecule has 1 aromatic carbocycles. The first-order valence-corrected chi connectivity index (χ1v) is 5.76. The Bertz CT molecular complexity index is 582. The van der Waals surface area contributed by atoms with Gasteiger partial charge in [-0.25, -0.2) is 4.98 Å². The van der Waals surface area contributed by atoms with E-state index in [9.17, 15) is 4.79 Å². The van der Waals surface area contributed by atoms with Crippen LogP contribution in [0.5, 0.6) is 0 Å². The van der Waals surface area contributed by atoms with Gasteiger partial charge in [0, 0.05) is 7.05 Å². The van der Waals surface area contributed by atoms with Gasteiger partial charge in [0.05, 0.1) is 24.6 Å². The Hall–Kier alpha value is -2.68. The van der Waals surface area contributed by atoms with Crippen molar-refractivity contribution in [1.82, 2.24) is 20.1 Å². The zero-order chi connectivity index (χ0) is 13.7. The molecule has 2 aromatic rings. The van der Waals surface area contributed by atoms with Gasteiger partial charge in [-0.1, -0.05) is 12.1 Å². The summed E-state index contributed by atoms with van der Waals surface area (Å²) in [6.07, 6.45) is 1.71. The largest absolute Gasteiger partial charge is 0.338 e. The van der Waals surface area contributed by atoms with Crippen LogP contribution in [-0.2, 0) is 17.8 Å². The number of likely N-dealkylation sites (N-methyl/N-ethyl adjacent to an activating group) is 1. The van der Waals surface area contributed by atoms with Crippen LogP contribution >= 0.6 is 0 Å². The van der Waals surface area contributed by atoms with Gasteiger partial charge in [0.2, 0.25) is 5.91 Å². The van der Waals surface area contributed by atoms with E-state index in [2.05, 4.69) is 15.2 Å². The Morgan fingerprint density at radius 2 is 2.16 bits per heavy atom. The van der Waals surface area contributed by atoms with E-state index in [-0.39, 0.29) is 5.91 Å². The number of aromatic amines is 1. The van der Waals surface area contributed by atoms with E-state index in [4.69, 9.17) is 5.26 Å². The van der Waals surface area contributed by atoms with Crippen molar-refractivity contribution in [3.05, 3.63) is 47.5 Å². The minimum Gasteiger partial charge on any atom is -0.338 e. The summed E-state index contributed by atoms with van der Waals surface area (Å²) in [7, 11) is 1.72. The molecule has 2 rings (SSSR count). The van der Waals surface area contributed by atoms with Gasteiger partial charge in [-0.15, -0.1) is 0 Å². The summed E-state index contributed by atoms with van der Waals surface area (Å²) >= 11 is 0. The zero-order valence-electron chi connectivity index (χ0n) is 10.5. The number of carbonyl (C=O) groups excluding carboxylic acids is 1. The molecule has 0 spiro atoms. The quantitative estimate of drug-likeness (QED) is 0.878. The third-order valence-corrected chi connectivity index (χ3v) is 2.72. The maximum Gasteiger partial charge on any atom is 0.227 e. The molecule has 19 heavy (non-hydrogen) atoms. The highest BCUT2D eigenvalue weighted by Gasteiger charge is 2.11. The van der Waals surface area contributed by atoms with Crippen LogP contribution in [0.1, 0.15) is 17.0 Å². The van der Waals surface area contributed by atoms with Gasteiger partial charge in [-0.05, 0) is 17.7 Å². The Balaban J connectivity index is 1.94. The molecule has 0 saturated carbocycles. The average Bonchev–Trinajstić information content (AvgIpc) is 2.92. The van der Waals surface area contributed by atoms with E-state index in [1.54, 1.807) is 36.2 Å². The highest BCUT2D eigenvalue weighted by Crippen LogP contribution is 2.06. The van der Waals surface area contributed by atoms with E-state index in [1.165, 1.54) is 6.33 Å². The minimum atomic E-state index is -0.0129. The van der Waals surface area contributed by atoms with E-state index in [1.807, 2.05) is 6.07 Å². The summed E-state index contributed by atoms with van der Waals surface area (Å²) in [5, 5.41) is 15.1. The third kappa shape index (κ3) is 3.39. The molecular formula is C13H13N5O. The number of nitrogens with zero attached hydrogens (tertiary/aromatic N) is 4. The van der Waals surface area contributed by atoms with Crippen molar-refractivity contribution >= 4 is 5.91 Å². The predicted molar refractivity (Wildman–Crippen MR) is 67.7 cm³/mol. The van der Waals surface area contributed by atoms with Crippen LogP contribution in [0.3, 0.4) is 0 Å². The lowest BCUT2D eigenvalue weighted by molar-refractivity contribution is -0.129. The van der Waals surface area contributed by atoms with Gasteiger partial charge < -0.3 is 4.90 Å². The van der Waals surface area contributed by atoms with Crippen LogP contribution in [0.15, 0.2) is 30.6 Å². The lowest BCUT2D eigenvalue weighted by Crippen LogP contribution is -2.28. The minimum absolute atomic E-state index is 0.0129. The first kappa shape index (κ1) is 12.8. The summed E-state index contributed by atoms with van der Waals surface area (Å²) < 4.78 is 0. The average molecular weight is 255 g/mol. The second-order valence-corrected chi connectivity index (χ2v) is 4.17. The molecule has 0 radical (unpaired) electrons. The molecule has 0 bridgehead atoms. The van der Waals surface area contributed by atoms with Crippen molar-refractivity contribution < 1.29 is 4.79 Å². The molecule has 6 nitrogen and oxygen atoms in total. The van der Waals surface area contributed by atoms with E-state index >= 15 is 0 Å². The van der Waals surface area contributed by atoms with Gasteiger partial charge in [0.1, 0.15) is 12.2 Å². The number of rotatable bonds is 4. The van der Waals surface area contributed by atoms with E-state index in [0.717, 1.165) is 5.56 Å². The van der Waals surface area contributed by atoms with Crippen LogP contribution < -0.4 is 0 Å². The van der Waals surface area contributed by atoms with Gasteiger partial charge in [0.15, 0.2) is 0 Å². The zero-order valence-corrected chi connectivity index (χ0v) is 10.5. The SMILES string of the molecule is CN(Cc1ncn[nH]1)C(=O)Cc1ccc(C#N)cc1. The first-order valence-electron chi connectivity index (χ1n) is 5.76. The monoisotopic (exact) mass is 255 g/mol. The Kier molecular flexibility index (Phi) is 3.88. The van der Waals surface area contributed by atoms with Crippen LogP contribution in [0.4, 0.5) is 0 Å². The Morgan fingerprint density at radius 3 is 2.74 bits per heavy atom. The fraction of sp³-hybridized carbons (Fsp3) is 0.231. The van der Waals surface area contributed by atoms with E-state index < -0.39 is 0 Å². The molecule has 1 amide bonds. The number of aromatic nitrogens is 3. The van der Waals surface area contributed by atoms with Crippen LogP contribution in [0.2, 0.25) is 0 Å². The maximum atomic E-state index is 12.0.